The number of carbonyl (C=O) groups excluding carboxylic acids is 1. The van der Waals surface area contributed by atoms with Gasteiger partial charge in [-0.2, -0.15) is 0 Å². The molecule has 1 N–H and O–H groups in total. The molecule has 0 saturated heterocycles. The van der Waals surface area contributed by atoms with Gasteiger partial charge in [0.05, 0.1) is 0 Å². The molecular weight excluding hydrogens is 244 g/mol. The number of carboxylic acid groups (broad SMARTS) is 1. The monoisotopic (exact) mass is 270 g/mol. The Balaban J connectivity index is 4.02. The number of carboxylic acids is 1. The zero-order valence-electron chi connectivity index (χ0n) is 12.1. The largest absolute Gasteiger partial charge is 0.475 e. The number of allylic oxidation sites excluding steroid dienone is 1. The van der Waals surface area contributed by atoms with Crippen molar-refractivity contribution >= 4 is 11.9 Å². The molecule has 0 aliphatic rings. The van der Waals surface area contributed by atoms with Gasteiger partial charge in [0.15, 0.2) is 0 Å². The van der Waals surface area contributed by atoms with Gasteiger partial charge in [0, 0.05) is 6.42 Å². The third-order valence-corrected chi connectivity index (χ3v) is 2.81. The molecule has 0 heterocycles. The molecule has 110 valence electrons. The molecule has 0 spiro atoms. The predicted molar refractivity (Wildman–Crippen MR) is 74.7 cm³/mol. The molecule has 0 radical (unpaired) electrons. The SMILES string of the molecule is CCCCCCCC=C(OC(=O)CCCC)C(=O)O. The van der Waals surface area contributed by atoms with Gasteiger partial charge in [0.25, 0.3) is 0 Å². The normalized spacial score (nSPS) is 11.4. The minimum absolute atomic E-state index is 0.225. The second-order valence-electron chi connectivity index (χ2n) is 4.65. The fraction of sp³-hybridized carbons (Fsp3) is 0.733. The van der Waals surface area contributed by atoms with Crippen molar-refractivity contribution in [3.8, 4) is 0 Å². The summed E-state index contributed by atoms with van der Waals surface area (Å²) in [6.45, 7) is 4.12. The van der Waals surface area contributed by atoms with Crippen molar-refractivity contribution < 1.29 is 19.4 Å². The van der Waals surface area contributed by atoms with Gasteiger partial charge in [0.1, 0.15) is 0 Å². The molecule has 4 heteroatoms. The summed E-state index contributed by atoms with van der Waals surface area (Å²) in [6, 6.07) is 0. The molecule has 0 saturated carbocycles. The zero-order valence-corrected chi connectivity index (χ0v) is 12.1. The average Bonchev–Trinajstić information content (AvgIpc) is 2.38. The summed E-state index contributed by atoms with van der Waals surface area (Å²) >= 11 is 0. The molecule has 0 fully saturated rings. The fourth-order valence-electron chi connectivity index (χ4n) is 1.65. The maximum Gasteiger partial charge on any atom is 0.371 e. The summed E-state index contributed by atoms with van der Waals surface area (Å²) in [7, 11) is 0. The highest BCUT2D eigenvalue weighted by atomic mass is 16.6. The zero-order chi connectivity index (χ0) is 14.5. The van der Waals surface area contributed by atoms with E-state index in [2.05, 4.69) is 6.92 Å². The smallest absolute Gasteiger partial charge is 0.371 e. The molecular formula is C15H26O4. The van der Waals surface area contributed by atoms with Crippen LogP contribution < -0.4 is 0 Å². The molecule has 0 atom stereocenters. The van der Waals surface area contributed by atoms with Gasteiger partial charge in [-0.15, -0.1) is 0 Å². The van der Waals surface area contributed by atoms with Crippen molar-refractivity contribution in [2.24, 2.45) is 0 Å². The van der Waals surface area contributed by atoms with Crippen molar-refractivity contribution in [3.63, 3.8) is 0 Å². The molecule has 0 aromatic carbocycles. The van der Waals surface area contributed by atoms with Crippen LogP contribution in [0.4, 0.5) is 0 Å². The Bertz CT molecular complexity index is 295. The van der Waals surface area contributed by atoms with E-state index in [9.17, 15) is 9.59 Å². The lowest BCUT2D eigenvalue weighted by atomic mass is 10.1. The highest BCUT2D eigenvalue weighted by Crippen LogP contribution is 2.09. The maximum atomic E-state index is 11.4. The van der Waals surface area contributed by atoms with Crippen molar-refractivity contribution in [1.29, 1.82) is 0 Å². The predicted octanol–water partition coefficient (Wildman–Crippen LogP) is 4.05. The van der Waals surface area contributed by atoms with Crippen molar-refractivity contribution in [3.05, 3.63) is 11.8 Å². The number of hydrogen-bond acceptors (Lipinski definition) is 3. The first-order valence-electron chi connectivity index (χ1n) is 7.25. The van der Waals surface area contributed by atoms with E-state index < -0.39 is 11.9 Å². The number of unbranched alkanes of at least 4 members (excludes halogenated alkanes) is 6. The van der Waals surface area contributed by atoms with Crippen LogP contribution in [0.5, 0.6) is 0 Å². The van der Waals surface area contributed by atoms with E-state index in [0.29, 0.717) is 6.42 Å². The Morgan fingerprint density at radius 3 is 2.21 bits per heavy atom. The number of esters is 1. The second-order valence-corrected chi connectivity index (χ2v) is 4.65. The van der Waals surface area contributed by atoms with Crippen LogP contribution in [-0.4, -0.2) is 17.0 Å². The third kappa shape index (κ3) is 10.3. The quantitative estimate of drug-likeness (QED) is 0.266. The molecule has 0 aromatic heterocycles. The van der Waals surface area contributed by atoms with Gasteiger partial charge in [-0.1, -0.05) is 46.0 Å². The first-order valence-corrected chi connectivity index (χ1v) is 7.25. The Morgan fingerprint density at radius 2 is 1.63 bits per heavy atom. The lowest BCUT2D eigenvalue weighted by molar-refractivity contribution is -0.148. The molecule has 19 heavy (non-hydrogen) atoms. The Labute approximate surface area is 115 Å². The van der Waals surface area contributed by atoms with E-state index in [1.54, 1.807) is 0 Å². The van der Waals surface area contributed by atoms with E-state index in [-0.39, 0.29) is 12.2 Å². The Hall–Kier alpha value is -1.32. The number of carbonyl (C=O) groups is 2. The summed E-state index contributed by atoms with van der Waals surface area (Å²) < 4.78 is 4.86. The average molecular weight is 270 g/mol. The standard InChI is InChI=1S/C15H26O4/c1-3-5-7-8-9-10-11-13(15(17)18)19-14(16)12-6-4-2/h11H,3-10,12H2,1-2H3,(H,17,18). The van der Waals surface area contributed by atoms with Gasteiger partial charge < -0.3 is 9.84 Å². The van der Waals surface area contributed by atoms with Crippen molar-refractivity contribution in [2.75, 3.05) is 0 Å². The Kier molecular flexibility index (Phi) is 10.9. The minimum atomic E-state index is -1.17. The summed E-state index contributed by atoms with van der Waals surface area (Å²) in [5, 5.41) is 8.94. The van der Waals surface area contributed by atoms with Crippen LogP contribution in [0.15, 0.2) is 11.8 Å². The molecule has 4 nitrogen and oxygen atoms in total. The first kappa shape index (κ1) is 17.7. The topological polar surface area (TPSA) is 63.6 Å². The summed E-state index contributed by atoms with van der Waals surface area (Å²) in [5.41, 5.74) is 0. The molecule has 0 aliphatic carbocycles. The van der Waals surface area contributed by atoms with Gasteiger partial charge in [-0.3, -0.25) is 4.79 Å². The van der Waals surface area contributed by atoms with Crippen LogP contribution in [0.25, 0.3) is 0 Å². The summed E-state index contributed by atoms with van der Waals surface area (Å²) in [6.07, 6.45) is 9.63. The van der Waals surface area contributed by atoms with E-state index in [1.165, 1.54) is 25.3 Å². The highest BCUT2D eigenvalue weighted by molar-refractivity contribution is 5.87. The minimum Gasteiger partial charge on any atom is -0.475 e. The number of hydrogen-bond donors (Lipinski definition) is 1. The number of rotatable bonds is 11. The first-order chi connectivity index (χ1) is 9.11. The van der Waals surface area contributed by atoms with Crippen molar-refractivity contribution in [2.45, 2.75) is 71.6 Å². The lowest BCUT2D eigenvalue weighted by Gasteiger charge is -2.04. The second kappa shape index (κ2) is 11.8. The maximum absolute atomic E-state index is 11.4. The summed E-state index contributed by atoms with van der Waals surface area (Å²) in [4.78, 5) is 22.3. The van der Waals surface area contributed by atoms with Gasteiger partial charge in [-0.25, -0.2) is 4.79 Å². The van der Waals surface area contributed by atoms with Crippen molar-refractivity contribution in [1.82, 2.24) is 0 Å². The fourth-order valence-corrected chi connectivity index (χ4v) is 1.65. The van der Waals surface area contributed by atoms with Gasteiger partial charge >= 0.3 is 11.9 Å². The molecule has 0 amide bonds. The molecule has 0 rings (SSSR count). The van der Waals surface area contributed by atoms with Crippen LogP contribution in [0, 0.1) is 0 Å². The van der Waals surface area contributed by atoms with E-state index >= 15 is 0 Å². The summed E-state index contributed by atoms with van der Waals surface area (Å²) in [5.74, 6) is -1.85. The molecule has 0 aromatic rings. The van der Waals surface area contributed by atoms with Gasteiger partial charge in [0.2, 0.25) is 5.76 Å². The van der Waals surface area contributed by atoms with Crippen LogP contribution >= 0.6 is 0 Å². The Morgan fingerprint density at radius 1 is 1.00 bits per heavy atom. The lowest BCUT2D eigenvalue weighted by Crippen LogP contribution is -2.11. The van der Waals surface area contributed by atoms with E-state index in [4.69, 9.17) is 9.84 Å². The van der Waals surface area contributed by atoms with E-state index in [1.807, 2.05) is 6.92 Å². The molecule has 0 aliphatic heterocycles. The highest BCUT2D eigenvalue weighted by Gasteiger charge is 2.13. The number of ether oxygens (including phenoxy) is 1. The van der Waals surface area contributed by atoms with Crippen LogP contribution in [-0.2, 0) is 14.3 Å². The van der Waals surface area contributed by atoms with Crippen LogP contribution in [0.3, 0.4) is 0 Å². The number of aliphatic carboxylic acids is 1. The van der Waals surface area contributed by atoms with Gasteiger partial charge in [-0.05, 0) is 25.3 Å². The van der Waals surface area contributed by atoms with Crippen LogP contribution in [0.2, 0.25) is 0 Å². The van der Waals surface area contributed by atoms with Crippen LogP contribution in [0.1, 0.15) is 71.6 Å². The molecule has 0 bridgehead atoms. The molecule has 0 unspecified atom stereocenters. The third-order valence-electron chi connectivity index (χ3n) is 2.81. The van der Waals surface area contributed by atoms with E-state index in [0.717, 1.165) is 25.7 Å².